The molecule has 1 aliphatic heterocycles. The first kappa shape index (κ1) is 11.7. The maximum absolute atomic E-state index is 12.3. The van der Waals surface area contributed by atoms with E-state index in [4.69, 9.17) is 4.74 Å². The first-order chi connectivity index (χ1) is 9.77. The first-order valence-corrected chi connectivity index (χ1v) is 7.04. The van der Waals surface area contributed by atoms with Crippen LogP contribution < -0.4 is 0 Å². The number of fused-ring (bicyclic) bond motifs is 1. The van der Waals surface area contributed by atoms with Crippen LogP contribution >= 0.6 is 0 Å². The number of carbonyl (C=O) groups is 1. The lowest BCUT2D eigenvalue weighted by atomic mass is 9.84. The number of rotatable bonds is 3. The number of ether oxygens (including phenoxy) is 1. The molecule has 1 saturated carbocycles. The van der Waals surface area contributed by atoms with E-state index in [9.17, 15) is 4.79 Å². The van der Waals surface area contributed by atoms with Gasteiger partial charge in [0.15, 0.2) is 0 Å². The van der Waals surface area contributed by atoms with Gasteiger partial charge in [-0.3, -0.25) is 4.79 Å². The Morgan fingerprint density at radius 3 is 2.30 bits per heavy atom. The Labute approximate surface area is 118 Å². The standard InChI is InChI=1S/C18H16O2/c19-16-17(11-14-7-3-1-4-8-14)12-18(17,13-20-16)15-9-5-2-6-10-15/h1-10H,11-13H2. The molecule has 20 heavy (non-hydrogen) atoms. The Hall–Kier alpha value is -2.09. The quantitative estimate of drug-likeness (QED) is 0.796. The highest BCUT2D eigenvalue weighted by molar-refractivity contribution is 5.88. The van der Waals surface area contributed by atoms with Crippen LogP contribution in [0.1, 0.15) is 17.5 Å². The van der Waals surface area contributed by atoms with E-state index in [2.05, 4.69) is 24.3 Å². The van der Waals surface area contributed by atoms with E-state index in [-0.39, 0.29) is 16.8 Å². The maximum atomic E-state index is 12.3. The van der Waals surface area contributed by atoms with Gasteiger partial charge in [-0.15, -0.1) is 0 Å². The molecule has 1 heterocycles. The molecule has 2 atom stereocenters. The molecule has 2 aliphatic rings. The SMILES string of the molecule is O=C1OCC2(c3ccccc3)CC12Cc1ccccc1. The first-order valence-electron chi connectivity index (χ1n) is 7.04. The molecule has 0 N–H and O–H groups in total. The van der Waals surface area contributed by atoms with Crippen LogP contribution in [0.5, 0.6) is 0 Å². The average Bonchev–Trinajstić information content (AvgIpc) is 3.09. The third kappa shape index (κ3) is 1.42. The van der Waals surface area contributed by atoms with Gasteiger partial charge in [-0.2, -0.15) is 0 Å². The van der Waals surface area contributed by atoms with Crippen molar-refractivity contribution in [2.45, 2.75) is 18.3 Å². The molecule has 2 aromatic carbocycles. The minimum Gasteiger partial charge on any atom is -0.464 e. The second kappa shape index (κ2) is 3.95. The average molecular weight is 264 g/mol. The van der Waals surface area contributed by atoms with E-state index in [0.717, 1.165) is 12.8 Å². The summed E-state index contributed by atoms with van der Waals surface area (Å²) in [7, 11) is 0. The molecular weight excluding hydrogens is 248 g/mol. The number of cyclic esters (lactones) is 1. The van der Waals surface area contributed by atoms with Crippen LogP contribution in [-0.4, -0.2) is 12.6 Å². The topological polar surface area (TPSA) is 26.3 Å². The van der Waals surface area contributed by atoms with E-state index in [1.807, 2.05) is 36.4 Å². The van der Waals surface area contributed by atoms with Crippen molar-refractivity contribution in [1.82, 2.24) is 0 Å². The third-order valence-corrected chi connectivity index (χ3v) is 4.91. The molecule has 0 radical (unpaired) electrons. The maximum Gasteiger partial charge on any atom is 0.313 e. The van der Waals surface area contributed by atoms with E-state index >= 15 is 0 Å². The Balaban J connectivity index is 1.72. The zero-order valence-electron chi connectivity index (χ0n) is 11.2. The molecule has 1 saturated heterocycles. The Morgan fingerprint density at radius 1 is 0.950 bits per heavy atom. The zero-order chi connectivity index (χ0) is 13.6. The van der Waals surface area contributed by atoms with Crippen molar-refractivity contribution in [2.24, 2.45) is 5.41 Å². The van der Waals surface area contributed by atoms with Crippen LogP contribution in [0, 0.1) is 5.41 Å². The Morgan fingerprint density at radius 2 is 1.60 bits per heavy atom. The predicted molar refractivity (Wildman–Crippen MR) is 76.3 cm³/mol. The largest absolute Gasteiger partial charge is 0.464 e. The summed E-state index contributed by atoms with van der Waals surface area (Å²) in [5.41, 5.74) is 2.02. The molecule has 2 aromatic rings. The highest BCUT2D eigenvalue weighted by atomic mass is 16.5. The normalized spacial score (nSPS) is 30.7. The predicted octanol–water partition coefficient (Wildman–Crippen LogP) is 3.11. The van der Waals surface area contributed by atoms with Crippen molar-refractivity contribution in [1.29, 1.82) is 0 Å². The monoisotopic (exact) mass is 264 g/mol. The summed E-state index contributed by atoms with van der Waals surface area (Å²) >= 11 is 0. The summed E-state index contributed by atoms with van der Waals surface area (Å²) in [6.45, 7) is 0.530. The zero-order valence-corrected chi connectivity index (χ0v) is 11.2. The molecule has 0 bridgehead atoms. The van der Waals surface area contributed by atoms with E-state index in [0.29, 0.717) is 6.61 Å². The number of hydrogen-bond donors (Lipinski definition) is 0. The lowest BCUT2D eigenvalue weighted by Gasteiger charge is -2.14. The van der Waals surface area contributed by atoms with Crippen molar-refractivity contribution >= 4 is 5.97 Å². The van der Waals surface area contributed by atoms with Crippen LogP contribution in [0.25, 0.3) is 0 Å². The number of hydrogen-bond acceptors (Lipinski definition) is 2. The molecule has 2 nitrogen and oxygen atoms in total. The van der Waals surface area contributed by atoms with Crippen molar-refractivity contribution in [3.8, 4) is 0 Å². The molecular formula is C18H16O2. The fourth-order valence-corrected chi connectivity index (χ4v) is 3.72. The Kier molecular flexibility index (Phi) is 2.31. The van der Waals surface area contributed by atoms with Gasteiger partial charge in [-0.1, -0.05) is 60.7 Å². The van der Waals surface area contributed by atoms with Crippen LogP contribution in [-0.2, 0) is 21.4 Å². The highest BCUT2D eigenvalue weighted by Gasteiger charge is 2.77. The summed E-state index contributed by atoms with van der Waals surface area (Å²) in [6.07, 6.45) is 1.69. The van der Waals surface area contributed by atoms with Gasteiger partial charge in [0.2, 0.25) is 0 Å². The summed E-state index contributed by atoms with van der Waals surface area (Å²) < 4.78 is 5.41. The molecule has 2 fully saturated rings. The van der Waals surface area contributed by atoms with Crippen LogP contribution in [0.2, 0.25) is 0 Å². The highest BCUT2D eigenvalue weighted by Crippen LogP contribution is 2.70. The number of carbonyl (C=O) groups excluding carboxylic acids is 1. The molecule has 2 unspecified atom stereocenters. The van der Waals surface area contributed by atoms with Crippen LogP contribution in [0.15, 0.2) is 60.7 Å². The van der Waals surface area contributed by atoms with Gasteiger partial charge in [0, 0.05) is 5.41 Å². The smallest absolute Gasteiger partial charge is 0.313 e. The molecule has 4 rings (SSSR count). The van der Waals surface area contributed by atoms with Crippen molar-refractivity contribution in [2.75, 3.05) is 6.61 Å². The van der Waals surface area contributed by atoms with Crippen LogP contribution in [0.4, 0.5) is 0 Å². The molecule has 0 amide bonds. The summed E-state index contributed by atoms with van der Waals surface area (Å²) in [5.74, 6) is -0.0230. The fraction of sp³-hybridized carbons (Fsp3) is 0.278. The summed E-state index contributed by atoms with van der Waals surface area (Å²) in [5, 5.41) is 0. The van der Waals surface area contributed by atoms with Crippen molar-refractivity contribution in [3.05, 3.63) is 71.8 Å². The molecule has 1 aliphatic carbocycles. The summed E-state index contributed by atoms with van der Waals surface area (Å²) in [4.78, 5) is 12.3. The van der Waals surface area contributed by atoms with Gasteiger partial charge in [0.1, 0.15) is 6.61 Å². The van der Waals surface area contributed by atoms with Gasteiger partial charge in [-0.05, 0) is 24.0 Å². The summed E-state index contributed by atoms with van der Waals surface area (Å²) in [6, 6.07) is 20.6. The van der Waals surface area contributed by atoms with Crippen molar-refractivity contribution in [3.63, 3.8) is 0 Å². The lowest BCUT2D eigenvalue weighted by Crippen LogP contribution is -2.22. The third-order valence-electron chi connectivity index (χ3n) is 4.91. The minimum absolute atomic E-state index is 0.0230. The molecule has 0 spiro atoms. The van der Waals surface area contributed by atoms with Gasteiger partial charge >= 0.3 is 5.97 Å². The van der Waals surface area contributed by atoms with Crippen molar-refractivity contribution < 1.29 is 9.53 Å². The second-order valence-electron chi connectivity index (χ2n) is 5.95. The van der Waals surface area contributed by atoms with E-state index in [1.54, 1.807) is 0 Å². The van der Waals surface area contributed by atoms with Gasteiger partial charge < -0.3 is 4.74 Å². The van der Waals surface area contributed by atoms with E-state index in [1.165, 1.54) is 11.1 Å². The van der Waals surface area contributed by atoms with Gasteiger partial charge in [0.05, 0.1) is 5.41 Å². The Bertz CT molecular complexity index is 650. The lowest BCUT2D eigenvalue weighted by molar-refractivity contribution is -0.144. The number of esters is 1. The van der Waals surface area contributed by atoms with Crippen LogP contribution in [0.3, 0.4) is 0 Å². The van der Waals surface area contributed by atoms with E-state index < -0.39 is 0 Å². The minimum atomic E-state index is -0.338. The number of benzene rings is 2. The second-order valence-corrected chi connectivity index (χ2v) is 5.95. The fourth-order valence-electron chi connectivity index (χ4n) is 3.72. The van der Waals surface area contributed by atoms with Gasteiger partial charge in [-0.25, -0.2) is 0 Å². The molecule has 2 heteroatoms. The molecule has 100 valence electrons. The van der Waals surface area contributed by atoms with Gasteiger partial charge in [0.25, 0.3) is 0 Å². The molecule has 0 aromatic heterocycles.